The van der Waals surface area contributed by atoms with Crippen molar-refractivity contribution < 1.29 is 19.1 Å². The lowest BCUT2D eigenvalue weighted by Crippen LogP contribution is -2.43. The van der Waals surface area contributed by atoms with E-state index in [0.29, 0.717) is 19.6 Å². The Kier molecular flexibility index (Phi) is 4.74. The Labute approximate surface area is 131 Å². The Morgan fingerprint density at radius 2 is 2.05 bits per heavy atom. The van der Waals surface area contributed by atoms with Crippen molar-refractivity contribution in [2.24, 2.45) is 5.92 Å². The smallest absolute Gasteiger partial charge is 0.318 e. The lowest BCUT2D eigenvalue weighted by atomic mass is 9.75. The number of nitrogens with zero attached hydrogens (tertiary/aromatic N) is 1. The van der Waals surface area contributed by atoms with E-state index in [0.717, 1.165) is 11.3 Å². The maximum atomic E-state index is 12.7. The van der Waals surface area contributed by atoms with E-state index in [1.807, 2.05) is 36.2 Å². The molecule has 0 amide bonds. The summed E-state index contributed by atoms with van der Waals surface area (Å²) in [6, 6.07) is 7.79. The molecule has 0 fully saturated rings. The third kappa shape index (κ3) is 2.67. The first-order valence-corrected chi connectivity index (χ1v) is 7.52. The number of hydrogen-bond acceptors (Lipinski definition) is 5. The van der Waals surface area contributed by atoms with Crippen LogP contribution in [0, 0.1) is 5.92 Å². The third-order valence-electron chi connectivity index (χ3n) is 4.26. The molecule has 2 unspecified atom stereocenters. The zero-order valence-corrected chi connectivity index (χ0v) is 13.6. The van der Waals surface area contributed by atoms with E-state index in [1.54, 1.807) is 13.8 Å². The largest absolute Gasteiger partial charge is 0.469 e. The first kappa shape index (κ1) is 16.3. The molecule has 120 valence electrons. The molecule has 0 aromatic heterocycles. The molecule has 0 saturated carbocycles. The minimum Gasteiger partial charge on any atom is -0.469 e. The number of anilines is 1. The van der Waals surface area contributed by atoms with Crippen molar-refractivity contribution >= 4 is 17.6 Å². The van der Waals surface area contributed by atoms with Gasteiger partial charge in [-0.25, -0.2) is 0 Å². The highest BCUT2D eigenvalue weighted by atomic mass is 16.5. The molecule has 0 bridgehead atoms. The Balaban J connectivity index is 2.45. The van der Waals surface area contributed by atoms with Crippen molar-refractivity contribution in [3.05, 3.63) is 29.8 Å². The van der Waals surface area contributed by atoms with Crippen LogP contribution in [0.2, 0.25) is 0 Å². The van der Waals surface area contributed by atoms with Gasteiger partial charge in [-0.3, -0.25) is 9.59 Å². The summed E-state index contributed by atoms with van der Waals surface area (Å²) in [6.07, 6.45) is 0.375. The second-order valence-electron chi connectivity index (χ2n) is 5.80. The van der Waals surface area contributed by atoms with Crippen molar-refractivity contribution in [3.8, 4) is 0 Å². The molecular formula is C17H23NO4. The van der Waals surface area contributed by atoms with Gasteiger partial charge in [0.1, 0.15) is 5.41 Å². The van der Waals surface area contributed by atoms with Gasteiger partial charge in [0.25, 0.3) is 0 Å². The second kappa shape index (κ2) is 6.38. The Morgan fingerprint density at radius 3 is 2.68 bits per heavy atom. The topological polar surface area (TPSA) is 55.8 Å². The minimum absolute atomic E-state index is 0.275. The molecule has 0 spiro atoms. The number of fused-ring (bicyclic) bond motifs is 1. The van der Waals surface area contributed by atoms with E-state index >= 15 is 0 Å². The van der Waals surface area contributed by atoms with Gasteiger partial charge in [0.2, 0.25) is 0 Å². The predicted molar refractivity (Wildman–Crippen MR) is 83.8 cm³/mol. The molecule has 5 nitrogen and oxygen atoms in total. The quantitative estimate of drug-likeness (QED) is 0.780. The van der Waals surface area contributed by atoms with E-state index in [-0.39, 0.29) is 17.9 Å². The van der Waals surface area contributed by atoms with E-state index in [1.165, 1.54) is 7.11 Å². The molecule has 5 heteroatoms. The fourth-order valence-electron chi connectivity index (χ4n) is 3.30. The SMILES string of the molecule is CCOC(=O)C1(CC(C)C(=O)OC)CN(C)c2ccccc21. The highest BCUT2D eigenvalue weighted by molar-refractivity contribution is 5.90. The minimum atomic E-state index is -0.824. The number of carbonyl (C=O) groups is 2. The van der Waals surface area contributed by atoms with Crippen LogP contribution in [-0.2, 0) is 24.5 Å². The third-order valence-corrected chi connectivity index (χ3v) is 4.26. The molecule has 1 aliphatic rings. The molecule has 0 aliphatic carbocycles. The zero-order chi connectivity index (χ0) is 16.3. The summed E-state index contributed by atoms with van der Waals surface area (Å²) in [6.45, 7) is 4.40. The van der Waals surface area contributed by atoms with Gasteiger partial charge in [0.05, 0.1) is 19.6 Å². The van der Waals surface area contributed by atoms with E-state index < -0.39 is 5.41 Å². The van der Waals surface area contributed by atoms with Crippen LogP contribution >= 0.6 is 0 Å². The molecule has 1 heterocycles. The Hall–Kier alpha value is -2.04. The lowest BCUT2D eigenvalue weighted by Gasteiger charge is -2.29. The summed E-state index contributed by atoms with van der Waals surface area (Å²) in [5.74, 6) is -0.966. The first-order chi connectivity index (χ1) is 10.5. The van der Waals surface area contributed by atoms with Crippen LogP contribution in [0.5, 0.6) is 0 Å². The van der Waals surface area contributed by atoms with Crippen LogP contribution < -0.4 is 4.90 Å². The number of likely N-dealkylation sites (N-methyl/N-ethyl adjacent to an activating group) is 1. The van der Waals surface area contributed by atoms with Gasteiger partial charge in [-0.2, -0.15) is 0 Å². The summed E-state index contributed by atoms with van der Waals surface area (Å²) in [4.78, 5) is 26.6. The van der Waals surface area contributed by atoms with Crippen LogP contribution in [0.1, 0.15) is 25.8 Å². The summed E-state index contributed by atoms with van der Waals surface area (Å²) < 4.78 is 10.1. The molecule has 1 aromatic rings. The summed E-state index contributed by atoms with van der Waals surface area (Å²) >= 11 is 0. The fourth-order valence-corrected chi connectivity index (χ4v) is 3.30. The van der Waals surface area contributed by atoms with Gasteiger partial charge in [-0.05, 0) is 25.0 Å². The summed E-state index contributed by atoms with van der Waals surface area (Å²) in [5, 5.41) is 0. The molecule has 2 rings (SSSR count). The van der Waals surface area contributed by atoms with E-state index in [9.17, 15) is 9.59 Å². The van der Waals surface area contributed by atoms with Crippen LogP contribution in [0.25, 0.3) is 0 Å². The normalized spacial score (nSPS) is 21.2. The molecule has 1 aliphatic heterocycles. The average Bonchev–Trinajstić information content (AvgIpc) is 2.81. The molecule has 1 aromatic carbocycles. The standard InChI is InChI=1S/C17H23NO4/c1-5-22-16(20)17(10-12(2)15(19)21-4)11-18(3)14-9-7-6-8-13(14)17/h6-9,12H,5,10-11H2,1-4H3. The van der Waals surface area contributed by atoms with Gasteiger partial charge in [-0.15, -0.1) is 0 Å². The van der Waals surface area contributed by atoms with Crippen molar-refractivity contribution in [1.29, 1.82) is 0 Å². The van der Waals surface area contributed by atoms with Gasteiger partial charge in [-0.1, -0.05) is 25.1 Å². The van der Waals surface area contributed by atoms with Crippen molar-refractivity contribution in [2.75, 3.05) is 32.2 Å². The Morgan fingerprint density at radius 1 is 1.36 bits per heavy atom. The van der Waals surface area contributed by atoms with Gasteiger partial charge in [0, 0.05) is 19.3 Å². The number of methoxy groups -OCH3 is 1. The highest BCUT2D eigenvalue weighted by Gasteiger charge is 2.50. The number of rotatable bonds is 5. The van der Waals surface area contributed by atoms with Crippen LogP contribution in [-0.4, -0.2) is 39.2 Å². The number of esters is 2. The highest BCUT2D eigenvalue weighted by Crippen LogP contribution is 2.44. The van der Waals surface area contributed by atoms with Crippen molar-refractivity contribution in [2.45, 2.75) is 25.7 Å². The lowest BCUT2D eigenvalue weighted by molar-refractivity contribution is -0.152. The van der Waals surface area contributed by atoms with Gasteiger partial charge < -0.3 is 14.4 Å². The fraction of sp³-hybridized carbons (Fsp3) is 0.529. The molecule has 22 heavy (non-hydrogen) atoms. The maximum Gasteiger partial charge on any atom is 0.318 e. The van der Waals surface area contributed by atoms with Crippen LogP contribution in [0.15, 0.2) is 24.3 Å². The molecule has 2 atom stereocenters. The van der Waals surface area contributed by atoms with Crippen LogP contribution in [0.4, 0.5) is 5.69 Å². The zero-order valence-electron chi connectivity index (χ0n) is 13.6. The van der Waals surface area contributed by atoms with Gasteiger partial charge in [0.15, 0.2) is 0 Å². The monoisotopic (exact) mass is 305 g/mol. The number of carbonyl (C=O) groups excluding carboxylic acids is 2. The molecule has 0 radical (unpaired) electrons. The summed E-state index contributed by atoms with van der Waals surface area (Å²) in [5.41, 5.74) is 1.11. The number of hydrogen-bond donors (Lipinski definition) is 0. The number of benzene rings is 1. The van der Waals surface area contributed by atoms with Gasteiger partial charge >= 0.3 is 11.9 Å². The van der Waals surface area contributed by atoms with Crippen molar-refractivity contribution in [3.63, 3.8) is 0 Å². The van der Waals surface area contributed by atoms with Crippen LogP contribution in [0.3, 0.4) is 0 Å². The maximum absolute atomic E-state index is 12.7. The number of ether oxygens (including phenoxy) is 2. The molecule has 0 N–H and O–H groups in total. The van der Waals surface area contributed by atoms with Crippen molar-refractivity contribution in [1.82, 2.24) is 0 Å². The average molecular weight is 305 g/mol. The van der Waals surface area contributed by atoms with E-state index in [2.05, 4.69) is 0 Å². The Bertz CT molecular complexity index is 572. The summed E-state index contributed by atoms with van der Waals surface area (Å²) in [7, 11) is 3.31. The second-order valence-corrected chi connectivity index (χ2v) is 5.80. The van der Waals surface area contributed by atoms with E-state index in [4.69, 9.17) is 9.47 Å². The molecular weight excluding hydrogens is 282 g/mol. The predicted octanol–water partition coefficient (Wildman–Crippen LogP) is 2.14. The first-order valence-electron chi connectivity index (χ1n) is 7.52. The molecule has 0 saturated heterocycles. The number of para-hydroxylation sites is 1.